The topological polar surface area (TPSA) is 0 Å². The lowest BCUT2D eigenvalue weighted by atomic mass is 9.98. The molecule has 0 radical (unpaired) electrons. The number of hydrogen-bond donors (Lipinski definition) is 0. The molecule has 0 saturated carbocycles. The van der Waals surface area contributed by atoms with E-state index in [1.54, 1.807) is 49.4 Å². The van der Waals surface area contributed by atoms with Crippen LogP contribution in [0.25, 0.3) is 22.3 Å². The lowest BCUT2D eigenvalue weighted by Gasteiger charge is -2.08. The molecule has 116 valence electrons. The second kappa shape index (κ2) is 5.92. The van der Waals surface area contributed by atoms with Crippen molar-refractivity contribution in [2.75, 3.05) is 0 Å². The van der Waals surface area contributed by atoms with Crippen molar-refractivity contribution in [3.63, 3.8) is 0 Å². The maximum absolute atomic E-state index is 14.0. The summed E-state index contributed by atoms with van der Waals surface area (Å²) in [6.45, 7) is 3.23. The predicted octanol–water partition coefficient (Wildman–Crippen LogP) is 6.05. The molecule has 0 amide bonds. The summed E-state index contributed by atoms with van der Waals surface area (Å²) in [6.07, 6.45) is 0. The van der Waals surface area contributed by atoms with Crippen molar-refractivity contribution in [1.82, 2.24) is 0 Å². The van der Waals surface area contributed by atoms with Gasteiger partial charge in [0.05, 0.1) is 0 Å². The Morgan fingerprint density at radius 2 is 1.13 bits per heavy atom. The molecule has 0 atom stereocenters. The van der Waals surface area contributed by atoms with E-state index in [0.717, 1.165) is 11.1 Å². The highest BCUT2D eigenvalue weighted by Crippen LogP contribution is 2.29. The van der Waals surface area contributed by atoms with Crippen molar-refractivity contribution >= 4 is 0 Å². The highest BCUT2D eigenvalue weighted by Gasteiger charge is 2.12. The maximum atomic E-state index is 14.0. The Morgan fingerprint density at radius 3 is 1.78 bits per heavy atom. The van der Waals surface area contributed by atoms with Gasteiger partial charge in [0.15, 0.2) is 11.6 Å². The number of halogens is 3. The molecule has 0 N–H and O–H groups in total. The van der Waals surface area contributed by atoms with Crippen molar-refractivity contribution in [1.29, 1.82) is 0 Å². The Balaban J connectivity index is 1.99. The Morgan fingerprint density at radius 1 is 0.565 bits per heavy atom. The normalized spacial score (nSPS) is 10.8. The first-order valence-corrected chi connectivity index (χ1v) is 7.29. The minimum atomic E-state index is -0.848. The van der Waals surface area contributed by atoms with Gasteiger partial charge in [0.1, 0.15) is 5.82 Å². The third-order valence-corrected chi connectivity index (χ3v) is 3.98. The van der Waals surface area contributed by atoms with Gasteiger partial charge in [-0.05, 0) is 47.7 Å². The van der Waals surface area contributed by atoms with Crippen LogP contribution < -0.4 is 0 Å². The van der Waals surface area contributed by atoms with Crippen molar-refractivity contribution in [3.8, 4) is 22.3 Å². The minimum Gasteiger partial charge on any atom is -0.207 e. The highest BCUT2D eigenvalue weighted by molar-refractivity contribution is 5.71. The molecule has 0 aliphatic heterocycles. The second-order valence-corrected chi connectivity index (χ2v) is 5.60. The SMILES string of the molecule is Cc1ccc(-c2ccc(-c3ccc(C)c(F)c3F)cc2)cc1F. The van der Waals surface area contributed by atoms with Gasteiger partial charge in [-0.3, -0.25) is 0 Å². The number of hydrogen-bond acceptors (Lipinski definition) is 0. The smallest absolute Gasteiger partial charge is 0.166 e. The molecule has 0 nitrogen and oxygen atoms in total. The van der Waals surface area contributed by atoms with E-state index in [-0.39, 0.29) is 16.9 Å². The Hall–Kier alpha value is -2.55. The summed E-state index contributed by atoms with van der Waals surface area (Å²) in [7, 11) is 0. The largest absolute Gasteiger partial charge is 0.207 e. The van der Waals surface area contributed by atoms with Crippen molar-refractivity contribution in [2.24, 2.45) is 0 Å². The first-order chi connectivity index (χ1) is 11.0. The van der Waals surface area contributed by atoms with Gasteiger partial charge in [-0.25, -0.2) is 13.2 Å². The molecular weight excluding hydrogens is 297 g/mol. The van der Waals surface area contributed by atoms with Crippen LogP contribution in [0.4, 0.5) is 13.2 Å². The molecule has 0 saturated heterocycles. The fourth-order valence-electron chi connectivity index (χ4n) is 2.48. The zero-order chi connectivity index (χ0) is 16.6. The van der Waals surface area contributed by atoms with E-state index in [0.29, 0.717) is 11.1 Å². The van der Waals surface area contributed by atoms with Gasteiger partial charge in [-0.15, -0.1) is 0 Å². The van der Waals surface area contributed by atoms with Crippen molar-refractivity contribution < 1.29 is 13.2 Å². The number of aryl methyl sites for hydroxylation is 2. The molecule has 0 heterocycles. The number of benzene rings is 3. The van der Waals surface area contributed by atoms with Crippen molar-refractivity contribution in [2.45, 2.75) is 13.8 Å². The van der Waals surface area contributed by atoms with Gasteiger partial charge in [-0.2, -0.15) is 0 Å². The van der Waals surface area contributed by atoms with Crippen LogP contribution in [0.5, 0.6) is 0 Å². The molecule has 23 heavy (non-hydrogen) atoms. The number of rotatable bonds is 2. The molecule has 0 unspecified atom stereocenters. The van der Waals surface area contributed by atoms with Crippen molar-refractivity contribution in [3.05, 3.63) is 83.2 Å². The fourth-order valence-corrected chi connectivity index (χ4v) is 2.48. The van der Waals surface area contributed by atoms with Gasteiger partial charge in [0.25, 0.3) is 0 Å². The molecule has 3 rings (SSSR count). The first-order valence-electron chi connectivity index (χ1n) is 7.29. The summed E-state index contributed by atoms with van der Waals surface area (Å²) in [4.78, 5) is 0. The van der Waals surface area contributed by atoms with Gasteiger partial charge in [-0.1, -0.05) is 48.5 Å². The predicted molar refractivity (Wildman–Crippen MR) is 86.7 cm³/mol. The van der Waals surface area contributed by atoms with E-state index in [1.165, 1.54) is 13.0 Å². The molecule has 3 heteroatoms. The third-order valence-electron chi connectivity index (χ3n) is 3.98. The molecule has 0 aliphatic rings. The summed E-state index contributed by atoms with van der Waals surface area (Å²) in [6, 6.07) is 15.1. The monoisotopic (exact) mass is 312 g/mol. The second-order valence-electron chi connectivity index (χ2n) is 5.60. The summed E-state index contributed by atoms with van der Waals surface area (Å²) in [5.74, 6) is -1.94. The van der Waals surface area contributed by atoms with E-state index in [4.69, 9.17) is 0 Å². The van der Waals surface area contributed by atoms with Crippen LogP contribution in [0.3, 0.4) is 0 Å². The standard InChI is InChI=1S/C20H15F3/c1-12-3-5-16(11-18(12)21)14-6-8-15(9-7-14)17-10-4-13(2)19(22)20(17)23/h3-11H,1-2H3. The van der Waals surface area contributed by atoms with Gasteiger partial charge < -0.3 is 0 Å². The molecule has 0 spiro atoms. The van der Waals surface area contributed by atoms with E-state index < -0.39 is 11.6 Å². The van der Waals surface area contributed by atoms with Crippen LogP contribution in [-0.4, -0.2) is 0 Å². The first kappa shape index (κ1) is 15.3. The van der Waals surface area contributed by atoms with Gasteiger partial charge in [0.2, 0.25) is 0 Å². The highest BCUT2D eigenvalue weighted by atomic mass is 19.2. The van der Waals surface area contributed by atoms with Gasteiger partial charge in [0, 0.05) is 5.56 Å². The molecule has 3 aromatic rings. The summed E-state index contributed by atoms with van der Waals surface area (Å²) < 4.78 is 41.4. The Labute approximate surface area is 133 Å². The fraction of sp³-hybridized carbons (Fsp3) is 0.100. The lowest BCUT2D eigenvalue weighted by Crippen LogP contribution is -1.93. The summed E-state index contributed by atoms with van der Waals surface area (Å²) >= 11 is 0. The quantitative estimate of drug-likeness (QED) is 0.540. The van der Waals surface area contributed by atoms with Crippen LogP contribution in [-0.2, 0) is 0 Å². The molecule has 0 aliphatic carbocycles. The van der Waals surface area contributed by atoms with E-state index in [1.807, 2.05) is 6.07 Å². The van der Waals surface area contributed by atoms with E-state index >= 15 is 0 Å². The lowest BCUT2D eigenvalue weighted by molar-refractivity contribution is 0.505. The zero-order valence-corrected chi connectivity index (χ0v) is 12.8. The molecule has 0 fully saturated rings. The summed E-state index contributed by atoms with van der Waals surface area (Å²) in [5, 5.41) is 0. The Bertz CT molecular complexity index is 865. The molecule has 0 bridgehead atoms. The van der Waals surface area contributed by atoms with Crippen LogP contribution in [0.1, 0.15) is 11.1 Å². The Kier molecular flexibility index (Phi) is 3.95. The average Bonchev–Trinajstić information content (AvgIpc) is 2.56. The maximum Gasteiger partial charge on any atom is 0.166 e. The average molecular weight is 312 g/mol. The molecule has 3 aromatic carbocycles. The van der Waals surface area contributed by atoms with Crippen LogP contribution in [0.15, 0.2) is 54.6 Å². The summed E-state index contributed by atoms with van der Waals surface area (Å²) in [5.41, 5.74) is 3.23. The third kappa shape index (κ3) is 2.87. The van der Waals surface area contributed by atoms with E-state index in [9.17, 15) is 13.2 Å². The van der Waals surface area contributed by atoms with Gasteiger partial charge >= 0.3 is 0 Å². The minimum absolute atomic E-state index is 0.217. The van der Waals surface area contributed by atoms with E-state index in [2.05, 4.69) is 0 Å². The van der Waals surface area contributed by atoms with Crippen LogP contribution >= 0.6 is 0 Å². The van der Waals surface area contributed by atoms with Crippen LogP contribution in [0.2, 0.25) is 0 Å². The zero-order valence-electron chi connectivity index (χ0n) is 12.8. The van der Waals surface area contributed by atoms with Crippen LogP contribution in [0, 0.1) is 31.3 Å². The molecular formula is C20H15F3. The molecule has 0 aromatic heterocycles.